The van der Waals surface area contributed by atoms with Crippen molar-refractivity contribution < 1.29 is 23.8 Å². The van der Waals surface area contributed by atoms with E-state index < -0.39 is 24.2 Å². The van der Waals surface area contributed by atoms with Gasteiger partial charge in [-0.25, -0.2) is 14.0 Å². The van der Waals surface area contributed by atoms with Gasteiger partial charge in [0.2, 0.25) is 6.17 Å². The zero-order valence-electron chi connectivity index (χ0n) is 10.2. The monoisotopic (exact) mass is 291 g/mol. The molecule has 0 aliphatic heterocycles. The first kappa shape index (κ1) is 17.3. The van der Waals surface area contributed by atoms with E-state index in [1.807, 2.05) is 0 Å². The number of ether oxygens (including phenoxy) is 1. The standard InChI is InChI=1S/C12H14FNO4.ClH/c1-2-18-12(17)9(13)10(14)7-5-3-4-6-8(7)11(15)16;/h3-6,9-10H,2,14H2,1H3,(H,15,16);1H/t9?,10-;/m1./s1. The van der Waals surface area contributed by atoms with Gasteiger partial charge in [-0.2, -0.15) is 0 Å². The lowest BCUT2D eigenvalue weighted by atomic mass is 9.97. The van der Waals surface area contributed by atoms with Crippen molar-refractivity contribution in [3.05, 3.63) is 35.4 Å². The number of carbonyl (C=O) groups excluding carboxylic acids is 1. The van der Waals surface area contributed by atoms with Gasteiger partial charge in [0.1, 0.15) is 0 Å². The van der Waals surface area contributed by atoms with Gasteiger partial charge in [0.15, 0.2) is 0 Å². The average molecular weight is 292 g/mol. The number of halogens is 2. The molecule has 0 fully saturated rings. The topological polar surface area (TPSA) is 89.6 Å². The van der Waals surface area contributed by atoms with Crippen molar-refractivity contribution in [3.63, 3.8) is 0 Å². The molecule has 1 aromatic carbocycles. The van der Waals surface area contributed by atoms with E-state index in [4.69, 9.17) is 10.8 Å². The molecule has 0 amide bonds. The lowest BCUT2D eigenvalue weighted by Gasteiger charge is -2.17. The van der Waals surface area contributed by atoms with Crippen molar-refractivity contribution >= 4 is 24.3 Å². The number of carboxylic acids is 1. The summed E-state index contributed by atoms with van der Waals surface area (Å²) in [5.74, 6) is -2.32. The number of esters is 1. The number of rotatable bonds is 5. The molecule has 1 aromatic rings. The van der Waals surface area contributed by atoms with Gasteiger partial charge in [0.25, 0.3) is 0 Å². The molecule has 0 aliphatic rings. The smallest absolute Gasteiger partial charge is 0.342 e. The molecule has 2 atom stereocenters. The van der Waals surface area contributed by atoms with Gasteiger partial charge in [0, 0.05) is 0 Å². The van der Waals surface area contributed by atoms with Crippen LogP contribution >= 0.6 is 12.4 Å². The maximum Gasteiger partial charge on any atom is 0.342 e. The van der Waals surface area contributed by atoms with Gasteiger partial charge < -0.3 is 15.6 Å². The molecule has 0 aromatic heterocycles. The molecule has 0 saturated carbocycles. The fourth-order valence-corrected chi connectivity index (χ4v) is 1.51. The molecule has 19 heavy (non-hydrogen) atoms. The van der Waals surface area contributed by atoms with Crippen LogP contribution in [0.25, 0.3) is 0 Å². The minimum atomic E-state index is -2.09. The molecule has 5 nitrogen and oxygen atoms in total. The Morgan fingerprint density at radius 2 is 2.00 bits per heavy atom. The summed E-state index contributed by atoms with van der Waals surface area (Å²) < 4.78 is 18.2. The van der Waals surface area contributed by atoms with Gasteiger partial charge >= 0.3 is 11.9 Å². The van der Waals surface area contributed by atoms with Crippen LogP contribution in [0, 0.1) is 0 Å². The number of carbonyl (C=O) groups is 2. The highest BCUT2D eigenvalue weighted by Crippen LogP contribution is 2.22. The Morgan fingerprint density at radius 1 is 1.42 bits per heavy atom. The Morgan fingerprint density at radius 3 is 2.53 bits per heavy atom. The number of aromatic carboxylic acids is 1. The maximum atomic E-state index is 13.7. The normalized spacial score (nSPS) is 13.0. The van der Waals surface area contributed by atoms with Gasteiger partial charge in [-0.3, -0.25) is 0 Å². The van der Waals surface area contributed by atoms with Crippen LogP contribution in [0.2, 0.25) is 0 Å². The van der Waals surface area contributed by atoms with Crippen LogP contribution in [-0.2, 0) is 9.53 Å². The van der Waals surface area contributed by atoms with E-state index in [1.54, 1.807) is 6.92 Å². The highest BCUT2D eigenvalue weighted by atomic mass is 35.5. The molecule has 0 heterocycles. The molecule has 0 saturated heterocycles. The Labute approximate surface area is 116 Å². The van der Waals surface area contributed by atoms with Crippen molar-refractivity contribution in [2.75, 3.05) is 6.61 Å². The highest BCUT2D eigenvalue weighted by molar-refractivity contribution is 5.90. The summed E-state index contributed by atoms with van der Waals surface area (Å²) >= 11 is 0. The molecule has 0 aliphatic carbocycles. The van der Waals surface area contributed by atoms with E-state index in [2.05, 4.69) is 4.74 Å². The minimum absolute atomic E-state index is 0. The first-order valence-corrected chi connectivity index (χ1v) is 5.37. The van der Waals surface area contributed by atoms with Crippen molar-refractivity contribution in [1.29, 1.82) is 0 Å². The summed E-state index contributed by atoms with van der Waals surface area (Å²) in [6.45, 7) is 1.58. The Bertz CT molecular complexity index is 455. The van der Waals surface area contributed by atoms with E-state index >= 15 is 0 Å². The number of hydrogen-bond donors (Lipinski definition) is 2. The summed E-state index contributed by atoms with van der Waals surface area (Å²) in [5.41, 5.74) is 5.50. The molecule has 1 rings (SSSR count). The van der Waals surface area contributed by atoms with Crippen LogP contribution in [0.1, 0.15) is 28.9 Å². The molecular formula is C12H15ClFNO4. The fraction of sp³-hybridized carbons (Fsp3) is 0.333. The number of benzene rings is 1. The lowest BCUT2D eigenvalue weighted by molar-refractivity contribution is -0.149. The van der Waals surface area contributed by atoms with Gasteiger partial charge in [-0.1, -0.05) is 18.2 Å². The maximum absolute atomic E-state index is 13.7. The summed E-state index contributed by atoms with van der Waals surface area (Å²) in [6, 6.07) is 4.34. The molecule has 106 valence electrons. The van der Waals surface area contributed by atoms with Crippen LogP contribution in [0.5, 0.6) is 0 Å². The summed E-state index contributed by atoms with van der Waals surface area (Å²) in [4.78, 5) is 22.2. The number of nitrogens with two attached hydrogens (primary N) is 1. The largest absolute Gasteiger partial charge is 0.478 e. The Kier molecular flexibility index (Phi) is 7.03. The second-order valence-electron chi connectivity index (χ2n) is 3.57. The number of hydrogen-bond acceptors (Lipinski definition) is 4. The van der Waals surface area contributed by atoms with Gasteiger partial charge in [-0.15, -0.1) is 12.4 Å². The van der Waals surface area contributed by atoms with Gasteiger partial charge in [0.05, 0.1) is 18.2 Å². The second-order valence-corrected chi connectivity index (χ2v) is 3.57. The third-order valence-electron chi connectivity index (χ3n) is 2.38. The third-order valence-corrected chi connectivity index (χ3v) is 2.38. The van der Waals surface area contributed by atoms with Crippen LogP contribution in [0.4, 0.5) is 4.39 Å². The van der Waals surface area contributed by atoms with E-state index in [0.717, 1.165) is 0 Å². The molecule has 7 heteroatoms. The molecular weight excluding hydrogens is 277 g/mol. The molecule has 0 spiro atoms. The van der Waals surface area contributed by atoms with Crippen molar-refractivity contribution in [2.24, 2.45) is 5.73 Å². The number of carboxylic acid groups (broad SMARTS) is 1. The fourth-order valence-electron chi connectivity index (χ4n) is 1.51. The van der Waals surface area contributed by atoms with Crippen molar-refractivity contribution in [3.8, 4) is 0 Å². The third kappa shape index (κ3) is 4.18. The Balaban J connectivity index is 0.00000324. The predicted molar refractivity (Wildman–Crippen MR) is 69.1 cm³/mol. The quantitative estimate of drug-likeness (QED) is 0.806. The molecule has 1 unspecified atom stereocenters. The number of alkyl halides is 1. The van der Waals surface area contributed by atoms with Gasteiger partial charge in [-0.05, 0) is 18.6 Å². The highest BCUT2D eigenvalue weighted by Gasteiger charge is 2.30. The van der Waals surface area contributed by atoms with Crippen LogP contribution in [0.15, 0.2) is 24.3 Å². The predicted octanol–water partition coefficient (Wildman–Crippen LogP) is 1.71. The first-order valence-electron chi connectivity index (χ1n) is 5.37. The average Bonchev–Trinajstić information content (AvgIpc) is 2.37. The first-order chi connectivity index (χ1) is 8.49. The van der Waals surface area contributed by atoms with E-state index in [0.29, 0.717) is 0 Å². The zero-order valence-corrected chi connectivity index (χ0v) is 11.0. The SMILES string of the molecule is CCOC(=O)C(F)[C@H](N)c1ccccc1C(=O)O.Cl. The van der Waals surface area contributed by atoms with Crippen LogP contribution < -0.4 is 5.73 Å². The van der Waals surface area contributed by atoms with E-state index in [9.17, 15) is 14.0 Å². The van der Waals surface area contributed by atoms with Crippen LogP contribution in [-0.4, -0.2) is 29.8 Å². The molecule has 0 bridgehead atoms. The van der Waals surface area contributed by atoms with Crippen LogP contribution in [0.3, 0.4) is 0 Å². The zero-order chi connectivity index (χ0) is 13.7. The molecule has 3 N–H and O–H groups in total. The Hall–Kier alpha value is -1.66. The van der Waals surface area contributed by atoms with E-state index in [-0.39, 0.29) is 30.1 Å². The molecule has 0 radical (unpaired) electrons. The lowest BCUT2D eigenvalue weighted by Crippen LogP contribution is -2.32. The van der Waals surface area contributed by atoms with Crippen molar-refractivity contribution in [1.82, 2.24) is 0 Å². The van der Waals surface area contributed by atoms with Crippen molar-refractivity contribution in [2.45, 2.75) is 19.1 Å². The summed E-state index contributed by atoms with van der Waals surface area (Å²) in [5, 5.41) is 8.94. The summed E-state index contributed by atoms with van der Waals surface area (Å²) in [6.07, 6.45) is -2.09. The van der Waals surface area contributed by atoms with E-state index in [1.165, 1.54) is 24.3 Å². The minimum Gasteiger partial charge on any atom is -0.478 e. The summed E-state index contributed by atoms with van der Waals surface area (Å²) in [7, 11) is 0. The second kappa shape index (κ2) is 7.70.